The molecule has 0 radical (unpaired) electrons. The zero-order chi connectivity index (χ0) is 21.8. The van der Waals surface area contributed by atoms with Gasteiger partial charge in [-0.25, -0.2) is 4.98 Å². The average molecular weight is 437 g/mol. The Hall–Kier alpha value is -2.77. The van der Waals surface area contributed by atoms with Crippen LogP contribution >= 0.6 is 11.3 Å². The summed E-state index contributed by atoms with van der Waals surface area (Å²) in [6.07, 6.45) is 2.13. The lowest BCUT2D eigenvalue weighted by atomic mass is 10.2. The predicted molar refractivity (Wildman–Crippen MR) is 125 cm³/mol. The number of thiazole rings is 1. The highest BCUT2D eigenvalue weighted by Crippen LogP contribution is 2.31. The highest BCUT2D eigenvalue weighted by Gasteiger charge is 2.24. The van der Waals surface area contributed by atoms with Crippen LogP contribution in [-0.4, -0.2) is 59.8 Å². The van der Waals surface area contributed by atoms with E-state index in [2.05, 4.69) is 0 Å². The van der Waals surface area contributed by atoms with Crippen LogP contribution in [0.1, 0.15) is 24.0 Å². The SMILES string of the molecule is Cc1cccc2sc(N(Cc3ccccc3)C(=O)CN(C)CC(=O)N3CCCC3)nc12. The second-order valence-electron chi connectivity index (χ2n) is 8.14. The van der Waals surface area contributed by atoms with Gasteiger partial charge in [-0.2, -0.15) is 0 Å². The Kier molecular flexibility index (Phi) is 6.63. The van der Waals surface area contributed by atoms with Crippen molar-refractivity contribution in [3.05, 3.63) is 59.7 Å². The van der Waals surface area contributed by atoms with Crippen molar-refractivity contribution in [3.63, 3.8) is 0 Å². The highest BCUT2D eigenvalue weighted by molar-refractivity contribution is 7.22. The van der Waals surface area contributed by atoms with E-state index in [9.17, 15) is 9.59 Å². The summed E-state index contributed by atoms with van der Waals surface area (Å²) < 4.78 is 1.07. The van der Waals surface area contributed by atoms with Crippen LogP contribution < -0.4 is 4.90 Å². The number of likely N-dealkylation sites (N-methyl/N-ethyl adjacent to an activating group) is 1. The minimum Gasteiger partial charge on any atom is -0.342 e. The van der Waals surface area contributed by atoms with Crippen LogP contribution in [0.15, 0.2) is 48.5 Å². The van der Waals surface area contributed by atoms with Crippen LogP contribution in [0.3, 0.4) is 0 Å². The number of nitrogens with zero attached hydrogens (tertiary/aromatic N) is 4. The molecule has 1 fully saturated rings. The number of para-hydroxylation sites is 1. The summed E-state index contributed by atoms with van der Waals surface area (Å²) in [5, 5.41) is 0.692. The number of amides is 2. The van der Waals surface area contributed by atoms with E-state index in [-0.39, 0.29) is 24.9 Å². The van der Waals surface area contributed by atoms with Crippen LogP contribution in [0, 0.1) is 6.92 Å². The molecule has 2 amide bonds. The second-order valence-corrected chi connectivity index (χ2v) is 9.15. The molecule has 2 aromatic carbocycles. The van der Waals surface area contributed by atoms with E-state index in [0.717, 1.165) is 47.3 Å². The topological polar surface area (TPSA) is 56.8 Å². The van der Waals surface area contributed by atoms with Gasteiger partial charge in [0.15, 0.2) is 5.13 Å². The fraction of sp³-hybridized carbons (Fsp3) is 0.375. The summed E-state index contributed by atoms with van der Waals surface area (Å²) in [5.41, 5.74) is 3.08. The predicted octanol–water partition coefficient (Wildman–Crippen LogP) is 3.69. The molecular weight excluding hydrogens is 408 g/mol. The maximum atomic E-state index is 13.3. The standard InChI is InChI=1S/C24H28N4O2S/c1-18-9-8-12-20-23(18)25-24(31-20)28(15-19-10-4-3-5-11-19)22(30)17-26(2)16-21(29)27-13-6-7-14-27/h3-5,8-12H,6-7,13-17H2,1-2H3. The largest absolute Gasteiger partial charge is 0.342 e. The van der Waals surface area contributed by atoms with Crippen molar-refractivity contribution in [2.24, 2.45) is 0 Å². The van der Waals surface area contributed by atoms with E-state index in [1.165, 1.54) is 11.3 Å². The van der Waals surface area contributed by atoms with E-state index in [1.807, 2.05) is 67.4 Å². The van der Waals surface area contributed by atoms with Gasteiger partial charge in [-0.05, 0) is 44.0 Å². The second kappa shape index (κ2) is 9.58. The molecule has 7 heteroatoms. The molecule has 1 aromatic heterocycles. The van der Waals surface area contributed by atoms with Crippen molar-refractivity contribution in [3.8, 4) is 0 Å². The van der Waals surface area contributed by atoms with Gasteiger partial charge in [-0.15, -0.1) is 0 Å². The number of benzene rings is 2. The Morgan fingerprint density at radius 2 is 1.77 bits per heavy atom. The molecule has 1 saturated heterocycles. The summed E-state index contributed by atoms with van der Waals surface area (Å²) in [6.45, 7) is 4.56. The summed E-state index contributed by atoms with van der Waals surface area (Å²) in [5.74, 6) is 0.0373. The Morgan fingerprint density at radius 1 is 1.03 bits per heavy atom. The molecule has 0 atom stereocenters. The monoisotopic (exact) mass is 436 g/mol. The van der Waals surface area contributed by atoms with Gasteiger partial charge < -0.3 is 4.90 Å². The molecule has 0 unspecified atom stereocenters. The van der Waals surface area contributed by atoms with Crippen molar-refractivity contribution in [2.75, 3.05) is 38.1 Å². The molecule has 0 aliphatic carbocycles. The first kappa shape index (κ1) is 21.5. The Morgan fingerprint density at radius 3 is 2.48 bits per heavy atom. The van der Waals surface area contributed by atoms with E-state index in [1.54, 1.807) is 9.80 Å². The van der Waals surface area contributed by atoms with Crippen molar-refractivity contribution in [1.82, 2.24) is 14.8 Å². The molecule has 0 spiro atoms. The zero-order valence-electron chi connectivity index (χ0n) is 18.1. The van der Waals surface area contributed by atoms with Gasteiger partial charge in [0.25, 0.3) is 0 Å². The van der Waals surface area contributed by atoms with Crippen molar-refractivity contribution in [1.29, 1.82) is 0 Å². The number of aryl methyl sites for hydroxylation is 1. The van der Waals surface area contributed by atoms with E-state index in [0.29, 0.717) is 11.7 Å². The molecule has 0 N–H and O–H groups in total. The van der Waals surface area contributed by atoms with Crippen LogP contribution in [0.5, 0.6) is 0 Å². The molecule has 0 saturated carbocycles. The molecule has 162 valence electrons. The number of hydrogen-bond acceptors (Lipinski definition) is 5. The third-order valence-electron chi connectivity index (χ3n) is 5.59. The first-order valence-electron chi connectivity index (χ1n) is 10.7. The Balaban J connectivity index is 1.53. The number of aromatic nitrogens is 1. The maximum absolute atomic E-state index is 13.3. The number of fused-ring (bicyclic) bond motifs is 1. The fourth-order valence-corrected chi connectivity index (χ4v) is 4.95. The minimum absolute atomic E-state index is 0.0581. The quantitative estimate of drug-likeness (QED) is 0.567. The number of carbonyl (C=O) groups excluding carboxylic acids is 2. The molecular formula is C24H28N4O2S. The third-order valence-corrected chi connectivity index (χ3v) is 6.64. The molecule has 6 nitrogen and oxygen atoms in total. The summed E-state index contributed by atoms with van der Waals surface area (Å²) in [6, 6.07) is 16.0. The number of carbonyl (C=O) groups is 2. The Bertz CT molecular complexity index is 1060. The van der Waals surface area contributed by atoms with Crippen LogP contribution in [0.25, 0.3) is 10.2 Å². The van der Waals surface area contributed by atoms with Gasteiger partial charge in [0.1, 0.15) is 0 Å². The third kappa shape index (κ3) is 5.11. The average Bonchev–Trinajstić information content (AvgIpc) is 3.43. The first-order valence-corrected chi connectivity index (χ1v) is 11.5. The number of hydrogen-bond donors (Lipinski definition) is 0. The molecule has 3 aromatic rings. The highest BCUT2D eigenvalue weighted by atomic mass is 32.1. The number of likely N-dealkylation sites (tertiary alicyclic amines) is 1. The van der Waals surface area contributed by atoms with Gasteiger partial charge in [0.2, 0.25) is 11.8 Å². The first-order chi connectivity index (χ1) is 15.0. The van der Waals surface area contributed by atoms with Gasteiger partial charge in [-0.1, -0.05) is 53.8 Å². The van der Waals surface area contributed by atoms with Gasteiger partial charge in [-0.3, -0.25) is 19.4 Å². The van der Waals surface area contributed by atoms with Crippen molar-refractivity contribution >= 4 is 38.5 Å². The normalized spacial score (nSPS) is 13.8. The molecule has 1 aliphatic rings. The lowest BCUT2D eigenvalue weighted by Crippen LogP contribution is -2.43. The maximum Gasteiger partial charge on any atom is 0.243 e. The van der Waals surface area contributed by atoms with Gasteiger partial charge in [0.05, 0.1) is 29.9 Å². The van der Waals surface area contributed by atoms with E-state index in [4.69, 9.17) is 4.98 Å². The minimum atomic E-state index is -0.0581. The van der Waals surface area contributed by atoms with Crippen LogP contribution in [0.2, 0.25) is 0 Å². The molecule has 1 aliphatic heterocycles. The lowest BCUT2D eigenvalue weighted by Gasteiger charge is -2.25. The van der Waals surface area contributed by atoms with Gasteiger partial charge in [0, 0.05) is 13.1 Å². The molecule has 31 heavy (non-hydrogen) atoms. The van der Waals surface area contributed by atoms with E-state index >= 15 is 0 Å². The zero-order valence-corrected chi connectivity index (χ0v) is 18.9. The van der Waals surface area contributed by atoms with Crippen molar-refractivity contribution in [2.45, 2.75) is 26.3 Å². The lowest BCUT2D eigenvalue weighted by molar-refractivity contribution is -0.131. The Labute approximate surface area is 187 Å². The summed E-state index contributed by atoms with van der Waals surface area (Å²) in [7, 11) is 1.83. The summed E-state index contributed by atoms with van der Waals surface area (Å²) >= 11 is 1.53. The smallest absolute Gasteiger partial charge is 0.243 e. The van der Waals surface area contributed by atoms with Crippen LogP contribution in [-0.2, 0) is 16.1 Å². The number of rotatable bonds is 7. The van der Waals surface area contributed by atoms with E-state index < -0.39 is 0 Å². The molecule has 2 heterocycles. The molecule has 0 bridgehead atoms. The summed E-state index contributed by atoms with van der Waals surface area (Å²) in [4.78, 5) is 36.1. The fourth-order valence-electron chi connectivity index (χ4n) is 3.89. The van der Waals surface area contributed by atoms with Crippen LogP contribution in [0.4, 0.5) is 5.13 Å². The van der Waals surface area contributed by atoms with Gasteiger partial charge >= 0.3 is 0 Å². The number of anilines is 1. The molecule has 4 rings (SSSR count). The van der Waals surface area contributed by atoms with Crippen molar-refractivity contribution < 1.29 is 9.59 Å².